The zero-order valence-electron chi connectivity index (χ0n) is 8.24. The molecule has 0 spiro atoms. The highest BCUT2D eigenvalue weighted by Crippen LogP contribution is 2.18. The van der Waals surface area contributed by atoms with Gasteiger partial charge in [-0.15, -0.1) is 0 Å². The number of benzene rings is 1. The Morgan fingerprint density at radius 3 is 2.47 bits per heavy atom. The second-order valence-corrected chi connectivity index (χ2v) is 3.30. The zero-order chi connectivity index (χ0) is 10.8. The van der Waals surface area contributed by atoms with E-state index in [1.54, 1.807) is 19.1 Å². The maximum atomic E-state index is 13.3. The van der Waals surface area contributed by atoms with Crippen LogP contribution in [-0.2, 0) is 0 Å². The number of aromatic nitrogens is 2. The van der Waals surface area contributed by atoms with Gasteiger partial charge in [0.05, 0.1) is 18.1 Å². The summed E-state index contributed by atoms with van der Waals surface area (Å²) in [6.07, 6.45) is 3.00. The second kappa shape index (κ2) is 3.65. The Morgan fingerprint density at radius 1 is 1.20 bits per heavy atom. The van der Waals surface area contributed by atoms with E-state index in [1.165, 1.54) is 18.5 Å². The van der Waals surface area contributed by atoms with Crippen molar-refractivity contribution < 1.29 is 4.39 Å². The fourth-order valence-electron chi connectivity index (χ4n) is 1.22. The van der Waals surface area contributed by atoms with E-state index in [0.717, 1.165) is 0 Å². The van der Waals surface area contributed by atoms with Crippen molar-refractivity contribution in [2.75, 3.05) is 5.73 Å². The molecule has 0 radical (unpaired) electrons. The van der Waals surface area contributed by atoms with Crippen LogP contribution in [0.4, 0.5) is 10.1 Å². The lowest BCUT2D eigenvalue weighted by molar-refractivity contribution is 0.619. The molecule has 3 nitrogen and oxygen atoms in total. The van der Waals surface area contributed by atoms with Gasteiger partial charge in [-0.05, 0) is 18.6 Å². The first kappa shape index (κ1) is 9.58. The lowest BCUT2D eigenvalue weighted by Gasteiger charge is -2.01. The largest absolute Gasteiger partial charge is 0.396 e. The van der Waals surface area contributed by atoms with Crippen molar-refractivity contribution in [3.63, 3.8) is 0 Å². The van der Waals surface area contributed by atoms with Gasteiger partial charge in [-0.25, -0.2) is 14.4 Å². The highest BCUT2D eigenvalue weighted by atomic mass is 19.1. The van der Waals surface area contributed by atoms with E-state index in [-0.39, 0.29) is 5.82 Å². The summed E-state index contributed by atoms with van der Waals surface area (Å²) in [7, 11) is 0. The maximum absolute atomic E-state index is 13.3. The molecular weight excluding hydrogens is 193 g/mol. The molecule has 15 heavy (non-hydrogen) atoms. The van der Waals surface area contributed by atoms with Gasteiger partial charge in [0.15, 0.2) is 5.82 Å². The van der Waals surface area contributed by atoms with Crippen LogP contribution >= 0.6 is 0 Å². The normalized spacial score (nSPS) is 10.3. The van der Waals surface area contributed by atoms with Gasteiger partial charge in [0.1, 0.15) is 5.82 Å². The van der Waals surface area contributed by atoms with Crippen LogP contribution in [0.2, 0.25) is 0 Å². The van der Waals surface area contributed by atoms with Crippen LogP contribution in [0.5, 0.6) is 0 Å². The fraction of sp³-hybridized carbons (Fsp3) is 0.0909. The minimum absolute atomic E-state index is 0.257. The van der Waals surface area contributed by atoms with E-state index in [1.807, 2.05) is 0 Å². The third-order valence-electron chi connectivity index (χ3n) is 2.10. The lowest BCUT2D eigenvalue weighted by Crippen LogP contribution is -1.93. The Bertz CT molecular complexity index is 480. The third-order valence-corrected chi connectivity index (χ3v) is 2.10. The van der Waals surface area contributed by atoms with Crippen LogP contribution in [0.15, 0.2) is 30.6 Å². The first-order valence-electron chi connectivity index (χ1n) is 4.51. The van der Waals surface area contributed by atoms with Crippen molar-refractivity contribution in [3.8, 4) is 11.4 Å². The number of rotatable bonds is 1. The first-order valence-corrected chi connectivity index (χ1v) is 4.51. The third kappa shape index (κ3) is 1.93. The summed E-state index contributed by atoms with van der Waals surface area (Å²) in [4.78, 5) is 8.03. The average molecular weight is 203 g/mol. The lowest BCUT2D eigenvalue weighted by atomic mass is 10.1. The number of nitrogens with zero attached hydrogens (tertiary/aromatic N) is 2. The molecule has 1 heterocycles. The van der Waals surface area contributed by atoms with Gasteiger partial charge in [0.2, 0.25) is 0 Å². The highest BCUT2D eigenvalue weighted by molar-refractivity contribution is 5.56. The van der Waals surface area contributed by atoms with E-state index < -0.39 is 0 Å². The summed E-state index contributed by atoms with van der Waals surface area (Å²) in [5, 5.41) is 0. The number of nitrogens with two attached hydrogens (primary N) is 1. The predicted molar refractivity (Wildman–Crippen MR) is 56.6 cm³/mol. The SMILES string of the molecule is Cc1ccc(-c2ncc(N)cn2)cc1F. The van der Waals surface area contributed by atoms with E-state index in [9.17, 15) is 4.39 Å². The van der Waals surface area contributed by atoms with E-state index in [4.69, 9.17) is 5.73 Å². The summed E-state index contributed by atoms with van der Waals surface area (Å²) < 4.78 is 13.3. The maximum Gasteiger partial charge on any atom is 0.159 e. The van der Waals surface area contributed by atoms with Crippen molar-refractivity contribution in [3.05, 3.63) is 42.0 Å². The van der Waals surface area contributed by atoms with Crippen LogP contribution in [0.1, 0.15) is 5.56 Å². The van der Waals surface area contributed by atoms with Crippen molar-refractivity contribution in [1.82, 2.24) is 9.97 Å². The van der Waals surface area contributed by atoms with Crippen LogP contribution in [0, 0.1) is 12.7 Å². The predicted octanol–water partition coefficient (Wildman–Crippen LogP) is 2.17. The van der Waals surface area contributed by atoms with Crippen LogP contribution in [0.3, 0.4) is 0 Å². The molecule has 2 aromatic rings. The van der Waals surface area contributed by atoms with Crippen molar-refractivity contribution in [2.45, 2.75) is 6.92 Å². The van der Waals surface area contributed by atoms with E-state index in [2.05, 4.69) is 9.97 Å². The minimum Gasteiger partial charge on any atom is -0.396 e. The molecule has 0 aliphatic rings. The number of nitrogen functional groups attached to an aromatic ring is 1. The van der Waals surface area contributed by atoms with Crippen LogP contribution in [-0.4, -0.2) is 9.97 Å². The smallest absolute Gasteiger partial charge is 0.159 e. The summed E-state index contributed by atoms with van der Waals surface area (Å²) in [6, 6.07) is 4.90. The van der Waals surface area contributed by atoms with Crippen LogP contribution in [0.25, 0.3) is 11.4 Å². The number of hydrogen-bond acceptors (Lipinski definition) is 3. The molecule has 2 N–H and O–H groups in total. The Hall–Kier alpha value is -1.97. The van der Waals surface area contributed by atoms with Crippen LogP contribution < -0.4 is 5.73 Å². The Labute approximate surface area is 86.8 Å². The first-order chi connectivity index (χ1) is 7.16. The fourth-order valence-corrected chi connectivity index (χ4v) is 1.22. The number of aryl methyl sites for hydroxylation is 1. The molecule has 4 heteroatoms. The molecular formula is C11H10FN3. The summed E-state index contributed by atoms with van der Waals surface area (Å²) >= 11 is 0. The molecule has 76 valence electrons. The molecule has 0 unspecified atom stereocenters. The van der Waals surface area contributed by atoms with Gasteiger partial charge >= 0.3 is 0 Å². The number of halogens is 1. The molecule has 0 bridgehead atoms. The molecule has 0 atom stereocenters. The number of anilines is 1. The van der Waals surface area contributed by atoms with Gasteiger partial charge in [0.25, 0.3) is 0 Å². The molecule has 0 aliphatic heterocycles. The van der Waals surface area contributed by atoms with Gasteiger partial charge in [-0.1, -0.05) is 12.1 Å². The molecule has 0 aliphatic carbocycles. The molecule has 1 aromatic heterocycles. The van der Waals surface area contributed by atoms with Gasteiger partial charge in [-0.2, -0.15) is 0 Å². The molecule has 0 amide bonds. The summed E-state index contributed by atoms with van der Waals surface area (Å²) in [6.45, 7) is 1.71. The molecule has 0 fully saturated rings. The van der Waals surface area contributed by atoms with E-state index in [0.29, 0.717) is 22.6 Å². The van der Waals surface area contributed by atoms with Crippen molar-refractivity contribution in [2.24, 2.45) is 0 Å². The Morgan fingerprint density at radius 2 is 1.87 bits per heavy atom. The highest BCUT2D eigenvalue weighted by Gasteiger charge is 2.03. The average Bonchev–Trinajstić information content (AvgIpc) is 2.23. The monoisotopic (exact) mass is 203 g/mol. The molecule has 2 rings (SSSR count). The zero-order valence-corrected chi connectivity index (χ0v) is 8.24. The molecule has 0 saturated heterocycles. The quantitative estimate of drug-likeness (QED) is 0.772. The summed E-state index contributed by atoms with van der Waals surface area (Å²) in [5.41, 5.74) is 7.21. The Kier molecular flexibility index (Phi) is 2.33. The Balaban J connectivity index is 2.45. The van der Waals surface area contributed by atoms with Gasteiger partial charge in [-0.3, -0.25) is 0 Å². The molecule has 0 saturated carbocycles. The number of hydrogen-bond donors (Lipinski definition) is 1. The van der Waals surface area contributed by atoms with Gasteiger partial charge < -0.3 is 5.73 Å². The van der Waals surface area contributed by atoms with Crippen molar-refractivity contribution in [1.29, 1.82) is 0 Å². The minimum atomic E-state index is -0.257. The van der Waals surface area contributed by atoms with Gasteiger partial charge in [0, 0.05) is 5.56 Å². The van der Waals surface area contributed by atoms with Crippen molar-refractivity contribution >= 4 is 5.69 Å². The summed E-state index contributed by atoms with van der Waals surface area (Å²) in [5.74, 6) is 0.219. The standard InChI is InChI=1S/C11H10FN3/c1-7-2-3-8(4-10(7)12)11-14-5-9(13)6-15-11/h2-6H,13H2,1H3. The topological polar surface area (TPSA) is 51.8 Å². The second-order valence-electron chi connectivity index (χ2n) is 3.30. The van der Waals surface area contributed by atoms with E-state index >= 15 is 0 Å². The molecule has 1 aromatic carbocycles.